The Balaban J connectivity index is 3.50. The summed E-state index contributed by atoms with van der Waals surface area (Å²) >= 11 is 0. The number of nitrogens with zero attached hydrogens (tertiary/aromatic N) is 1. The molecule has 76 valence electrons. The molecule has 2 N–H and O–H groups in total. The molecule has 0 aliphatic heterocycles. The normalized spacial score (nSPS) is 9.69. The van der Waals surface area contributed by atoms with E-state index in [0.29, 0.717) is 13.0 Å². The molecular formula is C10H20N2O. The number of hydrogen-bond donors (Lipinski definition) is 1. The maximum Gasteiger partial charge on any atom is 0.236 e. The number of amides is 1. The summed E-state index contributed by atoms with van der Waals surface area (Å²) in [7, 11) is 0. The van der Waals surface area contributed by atoms with Gasteiger partial charge in [0, 0.05) is 13.0 Å². The van der Waals surface area contributed by atoms with Crippen molar-refractivity contribution in [3.63, 3.8) is 0 Å². The molecule has 0 aliphatic rings. The highest BCUT2D eigenvalue weighted by molar-refractivity contribution is 5.75. The van der Waals surface area contributed by atoms with Gasteiger partial charge in [-0.3, -0.25) is 9.80 Å². The van der Waals surface area contributed by atoms with E-state index >= 15 is 0 Å². The lowest BCUT2D eigenvalue weighted by molar-refractivity contribution is -0.131. The van der Waals surface area contributed by atoms with Crippen molar-refractivity contribution in [2.75, 3.05) is 6.54 Å². The van der Waals surface area contributed by atoms with Crippen LogP contribution in [0.4, 0.5) is 0 Å². The second kappa shape index (κ2) is 7.80. The van der Waals surface area contributed by atoms with Crippen LogP contribution in [0.25, 0.3) is 0 Å². The fraction of sp³-hybridized carbons (Fsp3) is 0.700. The van der Waals surface area contributed by atoms with E-state index in [0.717, 1.165) is 25.7 Å². The molecule has 0 radical (unpaired) electrons. The molecule has 0 unspecified atom stereocenters. The van der Waals surface area contributed by atoms with E-state index in [1.807, 2.05) is 6.08 Å². The van der Waals surface area contributed by atoms with Gasteiger partial charge >= 0.3 is 0 Å². The summed E-state index contributed by atoms with van der Waals surface area (Å²) in [5.74, 6) is 5.60. The molecule has 0 aromatic heterocycles. The minimum absolute atomic E-state index is 0.0471. The van der Waals surface area contributed by atoms with Crippen molar-refractivity contribution in [1.29, 1.82) is 0 Å². The van der Waals surface area contributed by atoms with Gasteiger partial charge in [-0.05, 0) is 19.3 Å². The highest BCUT2D eigenvalue weighted by Crippen LogP contribution is 1.99. The summed E-state index contributed by atoms with van der Waals surface area (Å²) in [5, 5.41) is 1.32. The predicted molar refractivity (Wildman–Crippen MR) is 54.9 cm³/mol. The van der Waals surface area contributed by atoms with E-state index in [1.165, 1.54) is 5.01 Å². The van der Waals surface area contributed by atoms with Gasteiger partial charge in [-0.1, -0.05) is 19.4 Å². The van der Waals surface area contributed by atoms with Crippen LogP contribution in [-0.4, -0.2) is 17.5 Å². The summed E-state index contributed by atoms with van der Waals surface area (Å²) in [6.45, 7) is 6.30. The Hall–Kier alpha value is -0.830. The van der Waals surface area contributed by atoms with Crippen molar-refractivity contribution in [3.05, 3.63) is 12.7 Å². The Bertz CT molecular complexity index is 157. The van der Waals surface area contributed by atoms with Crippen LogP contribution in [0, 0.1) is 0 Å². The summed E-state index contributed by atoms with van der Waals surface area (Å²) in [4.78, 5) is 11.3. The van der Waals surface area contributed by atoms with Crippen LogP contribution < -0.4 is 5.84 Å². The zero-order chi connectivity index (χ0) is 10.1. The molecule has 0 saturated heterocycles. The van der Waals surface area contributed by atoms with E-state index in [9.17, 15) is 4.79 Å². The summed E-state index contributed by atoms with van der Waals surface area (Å²) in [6, 6.07) is 0. The van der Waals surface area contributed by atoms with Gasteiger partial charge < -0.3 is 0 Å². The quantitative estimate of drug-likeness (QED) is 0.216. The molecule has 0 spiro atoms. The molecule has 0 aliphatic carbocycles. The minimum Gasteiger partial charge on any atom is -0.281 e. The summed E-state index contributed by atoms with van der Waals surface area (Å²) in [5.41, 5.74) is 0. The van der Waals surface area contributed by atoms with E-state index in [1.54, 1.807) is 0 Å². The Morgan fingerprint density at radius 2 is 2.23 bits per heavy atom. The molecular weight excluding hydrogens is 164 g/mol. The number of allylic oxidation sites excluding steroid dienone is 1. The van der Waals surface area contributed by atoms with Crippen molar-refractivity contribution >= 4 is 5.91 Å². The first-order valence-electron chi connectivity index (χ1n) is 4.88. The highest BCUT2D eigenvalue weighted by atomic mass is 16.2. The van der Waals surface area contributed by atoms with Crippen LogP contribution in [0.3, 0.4) is 0 Å². The second-order valence-corrected chi connectivity index (χ2v) is 3.12. The first-order valence-corrected chi connectivity index (χ1v) is 4.88. The molecule has 1 amide bonds. The maximum absolute atomic E-state index is 11.3. The van der Waals surface area contributed by atoms with Gasteiger partial charge in [-0.2, -0.15) is 0 Å². The third-order valence-corrected chi connectivity index (χ3v) is 1.87. The average molecular weight is 184 g/mol. The van der Waals surface area contributed by atoms with Gasteiger partial charge in [0.05, 0.1) is 0 Å². The van der Waals surface area contributed by atoms with Gasteiger partial charge in [-0.25, -0.2) is 5.84 Å². The molecule has 3 heteroatoms. The average Bonchev–Trinajstić information content (AvgIpc) is 2.14. The molecule has 0 saturated carbocycles. The van der Waals surface area contributed by atoms with E-state index in [2.05, 4.69) is 13.5 Å². The number of hydrazine groups is 1. The largest absolute Gasteiger partial charge is 0.281 e. The molecule has 0 aromatic carbocycles. The van der Waals surface area contributed by atoms with Crippen molar-refractivity contribution < 1.29 is 4.79 Å². The Labute approximate surface area is 80.6 Å². The van der Waals surface area contributed by atoms with E-state index in [-0.39, 0.29) is 5.91 Å². The molecule has 13 heavy (non-hydrogen) atoms. The van der Waals surface area contributed by atoms with Gasteiger partial charge in [-0.15, -0.1) is 6.58 Å². The maximum atomic E-state index is 11.3. The van der Waals surface area contributed by atoms with Gasteiger partial charge in [0.1, 0.15) is 0 Å². The van der Waals surface area contributed by atoms with Crippen molar-refractivity contribution in [3.8, 4) is 0 Å². The topological polar surface area (TPSA) is 46.3 Å². The molecule has 0 fully saturated rings. The summed E-state index contributed by atoms with van der Waals surface area (Å²) < 4.78 is 0. The van der Waals surface area contributed by atoms with Crippen LogP contribution in [0.1, 0.15) is 39.0 Å². The number of hydrogen-bond acceptors (Lipinski definition) is 2. The van der Waals surface area contributed by atoms with Crippen LogP contribution in [0.5, 0.6) is 0 Å². The molecule has 3 nitrogen and oxygen atoms in total. The zero-order valence-corrected chi connectivity index (χ0v) is 8.46. The van der Waals surface area contributed by atoms with Crippen molar-refractivity contribution in [2.24, 2.45) is 5.84 Å². The fourth-order valence-electron chi connectivity index (χ4n) is 1.00. The van der Waals surface area contributed by atoms with Gasteiger partial charge in [0.25, 0.3) is 0 Å². The smallest absolute Gasteiger partial charge is 0.236 e. The number of rotatable bonds is 7. The number of carbonyl (C=O) groups excluding carboxylic acids is 1. The second-order valence-electron chi connectivity index (χ2n) is 3.12. The lowest BCUT2D eigenvalue weighted by atomic mass is 10.2. The molecule has 0 rings (SSSR count). The monoisotopic (exact) mass is 184 g/mol. The SMILES string of the molecule is C=CCCCN(N)C(=O)CCCC. The first-order chi connectivity index (χ1) is 6.22. The minimum atomic E-state index is 0.0471. The Morgan fingerprint density at radius 3 is 2.77 bits per heavy atom. The van der Waals surface area contributed by atoms with Crippen molar-refractivity contribution in [1.82, 2.24) is 5.01 Å². The van der Waals surface area contributed by atoms with E-state index in [4.69, 9.17) is 5.84 Å². The third kappa shape index (κ3) is 6.34. The van der Waals surface area contributed by atoms with E-state index < -0.39 is 0 Å². The Morgan fingerprint density at radius 1 is 1.54 bits per heavy atom. The van der Waals surface area contributed by atoms with Crippen LogP contribution in [0.2, 0.25) is 0 Å². The number of unbranched alkanes of at least 4 members (excludes halogenated alkanes) is 2. The highest BCUT2D eigenvalue weighted by Gasteiger charge is 2.06. The van der Waals surface area contributed by atoms with Gasteiger partial charge in [0.15, 0.2) is 0 Å². The number of nitrogens with two attached hydrogens (primary N) is 1. The van der Waals surface area contributed by atoms with Gasteiger partial charge in [0.2, 0.25) is 5.91 Å². The molecule has 0 heterocycles. The standard InChI is InChI=1S/C10H20N2O/c1-3-5-7-9-12(11)10(13)8-6-4-2/h3H,1,4-9,11H2,2H3. The van der Waals surface area contributed by atoms with Crippen molar-refractivity contribution in [2.45, 2.75) is 39.0 Å². The fourth-order valence-corrected chi connectivity index (χ4v) is 1.00. The van der Waals surface area contributed by atoms with Crippen LogP contribution >= 0.6 is 0 Å². The lowest BCUT2D eigenvalue weighted by Gasteiger charge is -2.15. The molecule has 0 atom stereocenters. The first kappa shape index (κ1) is 12.2. The Kier molecular flexibility index (Phi) is 7.30. The van der Waals surface area contributed by atoms with Crippen LogP contribution in [0.15, 0.2) is 12.7 Å². The number of carbonyl (C=O) groups is 1. The molecule has 0 bridgehead atoms. The van der Waals surface area contributed by atoms with Crippen LogP contribution in [-0.2, 0) is 4.79 Å². The summed E-state index contributed by atoms with van der Waals surface area (Å²) in [6.07, 6.45) is 6.18. The lowest BCUT2D eigenvalue weighted by Crippen LogP contribution is -2.37. The molecule has 0 aromatic rings. The third-order valence-electron chi connectivity index (χ3n) is 1.87. The zero-order valence-electron chi connectivity index (χ0n) is 8.46. The predicted octanol–water partition coefficient (Wildman–Crippen LogP) is 1.85.